The summed E-state index contributed by atoms with van der Waals surface area (Å²) in [7, 11) is 0. The van der Waals surface area contributed by atoms with Crippen molar-refractivity contribution in [1.82, 2.24) is 5.32 Å². The lowest BCUT2D eigenvalue weighted by atomic mass is 9.93. The van der Waals surface area contributed by atoms with Crippen LogP contribution in [0.4, 0.5) is 10.1 Å². The number of benzene rings is 2. The molecule has 1 saturated carbocycles. The van der Waals surface area contributed by atoms with Gasteiger partial charge in [-0.2, -0.15) is 0 Å². The van der Waals surface area contributed by atoms with Gasteiger partial charge in [0, 0.05) is 16.6 Å². The summed E-state index contributed by atoms with van der Waals surface area (Å²) in [6, 6.07) is 16.5. The highest BCUT2D eigenvalue weighted by molar-refractivity contribution is 7.10. The van der Waals surface area contributed by atoms with E-state index in [0.29, 0.717) is 5.69 Å². The summed E-state index contributed by atoms with van der Waals surface area (Å²) in [6.07, 6.45) is 5.38. The predicted octanol–water partition coefficient (Wildman–Crippen LogP) is 5.96. The number of anilines is 1. The first-order chi connectivity index (χ1) is 16.0. The molecule has 6 heteroatoms. The topological polar surface area (TPSA) is 49.4 Å². The van der Waals surface area contributed by atoms with E-state index in [-0.39, 0.29) is 24.3 Å². The van der Waals surface area contributed by atoms with Gasteiger partial charge >= 0.3 is 0 Å². The number of nitrogens with zero attached hydrogens (tertiary/aromatic N) is 1. The summed E-state index contributed by atoms with van der Waals surface area (Å²) >= 11 is 1.49. The average Bonchev–Trinajstić information content (AvgIpc) is 3.31. The van der Waals surface area contributed by atoms with Gasteiger partial charge in [0.25, 0.3) is 0 Å². The van der Waals surface area contributed by atoms with Gasteiger partial charge in [-0.05, 0) is 60.5 Å². The molecule has 0 spiro atoms. The van der Waals surface area contributed by atoms with E-state index in [1.165, 1.54) is 34.8 Å². The summed E-state index contributed by atoms with van der Waals surface area (Å²) in [5.41, 5.74) is 2.03. The molecule has 3 aromatic rings. The number of nitrogens with one attached hydrogen (secondary N) is 1. The third-order valence-corrected chi connectivity index (χ3v) is 7.08. The number of rotatable bonds is 7. The van der Waals surface area contributed by atoms with Crippen LogP contribution in [0.1, 0.15) is 54.1 Å². The second-order valence-corrected chi connectivity index (χ2v) is 9.63. The molecule has 1 aromatic heterocycles. The van der Waals surface area contributed by atoms with E-state index in [1.807, 2.05) is 48.7 Å². The summed E-state index contributed by atoms with van der Waals surface area (Å²) in [6.45, 7) is 1.93. The largest absolute Gasteiger partial charge is 0.351 e. The number of halogens is 1. The van der Waals surface area contributed by atoms with Crippen molar-refractivity contribution in [3.05, 3.63) is 87.9 Å². The fourth-order valence-electron chi connectivity index (χ4n) is 4.53. The van der Waals surface area contributed by atoms with Crippen LogP contribution in [0.15, 0.2) is 66.0 Å². The van der Waals surface area contributed by atoms with Gasteiger partial charge in [-0.3, -0.25) is 14.5 Å². The van der Waals surface area contributed by atoms with Gasteiger partial charge in [0.15, 0.2) is 0 Å². The van der Waals surface area contributed by atoms with Crippen molar-refractivity contribution < 1.29 is 14.0 Å². The first-order valence-electron chi connectivity index (χ1n) is 11.5. The van der Waals surface area contributed by atoms with Gasteiger partial charge in [0.1, 0.15) is 11.9 Å². The Kier molecular flexibility index (Phi) is 7.55. The van der Waals surface area contributed by atoms with Crippen LogP contribution in [0.25, 0.3) is 0 Å². The standard InChI is InChI=1S/C27H29FN2O2S/c1-19-9-5-6-15-24(19)26(27(32)29-21-11-3-2-4-12-21)30(22-13-7-10-20(28)17-22)25(31)18-23-14-8-16-33-23/h5-10,13-17,21,26H,2-4,11-12,18H2,1H3,(H,29,32)/t26-/m1/s1. The SMILES string of the molecule is Cc1ccccc1[C@H](C(=O)NC1CCCCC1)N(C(=O)Cc1cccs1)c1cccc(F)c1. The molecule has 1 atom stereocenters. The zero-order chi connectivity index (χ0) is 23.2. The van der Waals surface area contributed by atoms with Crippen molar-refractivity contribution in [2.75, 3.05) is 4.90 Å². The third-order valence-electron chi connectivity index (χ3n) is 6.20. The van der Waals surface area contributed by atoms with Crippen molar-refractivity contribution in [3.63, 3.8) is 0 Å². The maximum atomic E-state index is 14.3. The fourth-order valence-corrected chi connectivity index (χ4v) is 5.22. The summed E-state index contributed by atoms with van der Waals surface area (Å²) < 4.78 is 14.3. The van der Waals surface area contributed by atoms with E-state index in [2.05, 4.69) is 5.32 Å². The number of amides is 2. The van der Waals surface area contributed by atoms with Gasteiger partial charge in [0.2, 0.25) is 11.8 Å². The molecule has 1 N–H and O–H groups in total. The van der Waals surface area contributed by atoms with Crippen molar-refractivity contribution in [2.45, 2.75) is 57.5 Å². The van der Waals surface area contributed by atoms with E-state index in [9.17, 15) is 14.0 Å². The molecule has 1 heterocycles. The number of aryl methyl sites for hydroxylation is 1. The summed E-state index contributed by atoms with van der Waals surface area (Å²) in [5, 5.41) is 5.12. The molecular weight excluding hydrogens is 435 g/mol. The summed E-state index contributed by atoms with van der Waals surface area (Å²) in [4.78, 5) is 29.8. The molecule has 4 nitrogen and oxygen atoms in total. The second-order valence-electron chi connectivity index (χ2n) is 8.60. The van der Waals surface area contributed by atoms with E-state index in [0.717, 1.165) is 41.7 Å². The minimum absolute atomic E-state index is 0.0968. The van der Waals surface area contributed by atoms with Gasteiger partial charge in [-0.15, -0.1) is 11.3 Å². The Bertz CT molecular complexity index is 1090. The molecule has 33 heavy (non-hydrogen) atoms. The average molecular weight is 465 g/mol. The highest BCUT2D eigenvalue weighted by Crippen LogP contribution is 2.32. The van der Waals surface area contributed by atoms with E-state index >= 15 is 0 Å². The Morgan fingerprint density at radius 2 is 1.85 bits per heavy atom. The highest BCUT2D eigenvalue weighted by Gasteiger charge is 2.35. The lowest BCUT2D eigenvalue weighted by Crippen LogP contribution is -2.48. The number of carbonyl (C=O) groups excluding carboxylic acids is 2. The molecule has 1 aliphatic carbocycles. The Morgan fingerprint density at radius 1 is 1.06 bits per heavy atom. The van der Waals surface area contributed by atoms with Crippen LogP contribution in [-0.4, -0.2) is 17.9 Å². The predicted molar refractivity (Wildman–Crippen MR) is 131 cm³/mol. The molecule has 2 aromatic carbocycles. The maximum absolute atomic E-state index is 14.3. The van der Waals surface area contributed by atoms with Gasteiger partial charge in [-0.1, -0.05) is 55.7 Å². The second kappa shape index (κ2) is 10.8. The van der Waals surface area contributed by atoms with Crippen molar-refractivity contribution in [2.24, 2.45) is 0 Å². The van der Waals surface area contributed by atoms with Crippen LogP contribution in [-0.2, 0) is 16.0 Å². The first-order valence-corrected chi connectivity index (χ1v) is 12.4. The number of hydrogen-bond acceptors (Lipinski definition) is 3. The Hall–Kier alpha value is -2.99. The molecule has 1 fully saturated rings. The minimum atomic E-state index is -0.887. The lowest BCUT2D eigenvalue weighted by Gasteiger charge is -2.34. The van der Waals surface area contributed by atoms with Crippen molar-refractivity contribution in [3.8, 4) is 0 Å². The van der Waals surface area contributed by atoms with E-state index < -0.39 is 11.9 Å². The Morgan fingerprint density at radius 3 is 2.55 bits per heavy atom. The van der Waals surface area contributed by atoms with Gasteiger partial charge in [-0.25, -0.2) is 4.39 Å². The Labute approximate surface area is 198 Å². The quantitative estimate of drug-likeness (QED) is 0.469. The molecule has 0 radical (unpaired) electrons. The molecule has 4 rings (SSSR count). The van der Waals surface area contributed by atoms with Crippen molar-refractivity contribution in [1.29, 1.82) is 0 Å². The zero-order valence-electron chi connectivity index (χ0n) is 18.8. The highest BCUT2D eigenvalue weighted by atomic mass is 32.1. The fraction of sp³-hybridized carbons (Fsp3) is 0.333. The molecule has 0 saturated heterocycles. The lowest BCUT2D eigenvalue weighted by molar-refractivity contribution is -0.127. The van der Waals surface area contributed by atoms with Crippen LogP contribution in [0, 0.1) is 12.7 Å². The first kappa shape index (κ1) is 23.2. The van der Waals surface area contributed by atoms with Crippen molar-refractivity contribution >= 4 is 28.8 Å². The van der Waals surface area contributed by atoms with Crippen LogP contribution >= 0.6 is 11.3 Å². The molecule has 0 bridgehead atoms. The molecule has 172 valence electrons. The van der Waals surface area contributed by atoms with Crippen LogP contribution < -0.4 is 10.2 Å². The molecule has 0 aliphatic heterocycles. The molecular formula is C27H29FN2O2S. The number of thiophene rings is 1. The zero-order valence-corrected chi connectivity index (χ0v) is 19.6. The van der Waals surface area contributed by atoms with Crippen LogP contribution in [0.5, 0.6) is 0 Å². The van der Waals surface area contributed by atoms with E-state index in [4.69, 9.17) is 0 Å². The number of carbonyl (C=O) groups is 2. The maximum Gasteiger partial charge on any atom is 0.248 e. The minimum Gasteiger partial charge on any atom is -0.351 e. The van der Waals surface area contributed by atoms with E-state index in [1.54, 1.807) is 12.1 Å². The van der Waals surface area contributed by atoms with Gasteiger partial charge < -0.3 is 5.32 Å². The summed E-state index contributed by atoms with van der Waals surface area (Å²) in [5.74, 6) is -0.910. The van der Waals surface area contributed by atoms with Gasteiger partial charge in [0.05, 0.1) is 6.42 Å². The van der Waals surface area contributed by atoms with Crippen LogP contribution in [0.2, 0.25) is 0 Å². The number of hydrogen-bond donors (Lipinski definition) is 1. The van der Waals surface area contributed by atoms with Crippen LogP contribution in [0.3, 0.4) is 0 Å². The third kappa shape index (κ3) is 5.69. The molecule has 0 unspecified atom stereocenters. The molecule has 2 amide bonds. The monoisotopic (exact) mass is 464 g/mol. The molecule has 1 aliphatic rings. The smallest absolute Gasteiger partial charge is 0.248 e. The normalized spacial score (nSPS) is 15.1. The Balaban J connectivity index is 1.76.